The van der Waals surface area contributed by atoms with Crippen molar-refractivity contribution in [3.05, 3.63) is 54.1 Å². The molecule has 0 bridgehead atoms. The molecule has 4 rings (SSSR count). The highest BCUT2D eigenvalue weighted by molar-refractivity contribution is 6.01. The highest BCUT2D eigenvalue weighted by Gasteiger charge is 2.47. The van der Waals surface area contributed by atoms with Gasteiger partial charge in [0.2, 0.25) is 11.8 Å². The molecule has 33 heavy (non-hydrogen) atoms. The number of fused-ring (bicyclic) bond motifs is 1. The van der Waals surface area contributed by atoms with Crippen molar-refractivity contribution in [3.8, 4) is 11.5 Å². The van der Waals surface area contributed by atoms with Crippen LogP contribution in [0.1, 0.15) is 18.4 Å². The SMILES string of the molecule is COc1ccccc1CN1C(=O)C2CCCNC2N(CC(=O)Nc2ccccc2OC)C1=O. The first-order valence-corrected chi connectivity index (χ1v) is 10.9. The zero-order valence-corrected chi connectivity index (χ0v) is 18.7. The third-order valence-electron chi connectivity index (χ3n) is 6.04. The Morgan fingerprint density at radius 3 is 2.52 bits per heavy atom. The molecular weight excluding hydrogens is 424 g/mol. The zero-order valence-electron chi connectivity index (χ0n) is 18.7. The molecule has 0 saturated carbocycles. The molecule has 0 aliphatic carbocycles. The Kier molecular flexibility index (Phi) is 6.79. The Morgan fingerprint density at radius 1 is 1.06 bits per heavy atom. The maximum absolute atomic E-state index is 13.5. The van der Waals surface area contributed by atoms with Gasteiger partial charge in [-0.15, -0.1) is 0 Å². The summed E-state index contributed by atoms with van der Waals surface area (Å²) in [5, 5.41) is 6.07. The monoisotopic (exact) mass is 452 g/mol. The van der Waals surface area contributed by atoms with Crippen LogP contribution in [0.2, 0.25) is 0 Å². The number of piperidine rings is 1. The van der Waals surface area contributed by atoms with Crippen LogP contribution < -0.4 is 20.1 Å². The first-order valence-electron chi connectivity index (χ1n) is 10.9. The lowest BCUT2D eigenvalue weighted by Gasteiger charge is -2.46. The van der Waals surface area contributed by atoms with E-state index in [1.807, 2.05) is 18.2 Å². The minimum absolute atomic E-state index is 0.0789. The van der Waals surface area contributed by atoms with Crippen molar-refractivity contribution in [1.82, 2.24) is 15.1 Å². The summed E-state index contributed by atoms with van der Waals surface area (Å²) >= 11 is 0. The van der Waals surface area contributed by atoms with Crippen molar-refractivity contribution in [1.29, 1.82) is 0 Å². The topological polar surface area (TPSA) is 100 Å². The third kappa shape index (κ3) is 4.63. The lowest BCUT2D eigenvalue weighted by atomic mass is 9.91. The minimum atomic E-state index is -0.518. The molecule has 174 valence electrons. The number of carbonyl (C=O) groups is 3. The standard InChI is InChI=1S/C24H28N4O5/c1-32-19-11-5-3-8-16(19)14-28-23(30)17-9-7-13-25-22(17)27(24(28)31)15-21(29)26-18-10-4-6-12-20(18)33-2/h3-6,8,10-12,17,22,25H,7,9,13-15H2,1-2H3,(H,26,29). The van der Waals surface area contributed by atoms with Gasteiger partial charge in [0.1, 0.15) is 18.0 Å². The summed E-state index contributed by atoms with van der Waals surface area (Å²) in [5.41, 5.74) is 1.24. The predicted molar refractivity (Wildman–Crippen MR) is 122 cm³/mol. The summed E-state index contributed by atoms with van der Waals surface area (Å²) < 4.78 is 10.7. The van der Waals surface area contributed by atoms with Gasteiger partial charge in [0, 0.05) is 5.56 Å². The average Bonchev–Trinajstić information content (AvgIpc) is 2.85. The maximum Gasteiger partial charge on any atom is 0.328 e. The van der Waals surface area contributed by atoms with E-state index in [0.717, 1.165) is 12.0 Å². The number of benzene rings is 2. The fourth-order valence-corrected chi connectivity index (χ4v) is 4.43. The van der Waals surface area contributed by atoms with Gasteiger partial charge in [-0.25, -0.2) is 4.79 Å². The molecule has 0 spiro atoms. The Balaban J connectivity index is 1.57. The Morgan fingerprint density at radius 2 is 1.76 bits per heavy atom. The highest BCUT2D eigenvalue weighted by Crippen LogP contribution is 2.31. The molecule has 4 amide bonds. The van der Waals surface area contributed by atoms with Crippen LogP contribution >= 0.6 is 0 Å². The largest absolute Gasteiger partial charge is 0.496 e. The third-order valence-corrected chi connectivity index (χ3v) is 6.04. The smallest absolute Gasteiger partial charge is 0.328 e. The minimum Gasteiger partial charge on any atom is -0.496 e. The fraction of sp³-hybridized carbons (Fsp3) is 0.375. The molecule has 0 radical (unpaired) electrons. The summed E-state index contributed by atoms with van der Waals surface area (Å²) in [4.78, 5) is 42.3. The number of carbonyl (C=O) groups excluding carboxylic acids is 3. The number of nitrogens with one attached hydrogen (secondary N) is 2. The van der Waals surface area contributed by atoms with Crippen molar-refractivity contribution < 1.29 is 23.9 Å². The van der Waals surface area contributed by atoms with Gasteiger partial charge in [-0.1, -0.05) is 30.3 Å². The van der Waals surface area contributed by atoms with E-state index in [0.29, 0.717) is 30.2 Å². The molecule has 9 nitrogen and oxygen atoms in total. The highest BCUT2D eigenvalue weighted by atomic mass is 16.5. The van der Waals surface area contributed by atoms with E-state index >= 15 is 0 Å². The second-order valence-corrected chi connectivity index (χ2v) is 8.04. The quantitative estimate of drug-likeness (QED) is 0.669. The second kappa shape index (κ2) is 9.91. The van der Waals surface area contributed by atoms with Gasteiger partial charge < -0.3 is 14.8 Å². The van der Waals surface area contributed by atoms with Gasteiger partial charge in [-0.05, 0) is 37.6 Å². The van der Waals surface area contributed by atoms with E-state index < -0.39 is 18.1 Å². The van der Waals surface area contributed by atoms with Gasteiger partial charge in [-0.2, -0.15) is 0 Å². The van der Waals surface area contributed by atoms with Crippen molar-refractivity contribution >= 4 is 23.5 Å². The summed E-state index contributed by atoms with van der Waals surface area (Å²) in [6.07, 6.45) is 0.956. The predicted octanol–water partition coefficient (Wildman–Crippen LogP) is 2.43. The van der Waals surface area contributed by atoms with Crippen molar-refractivity contribution in [2.75, 3.05) is 32.6 Å². The van der Waals surface area contributed by atoms with Gasteiger partial charge in [-0.3, -0.25) is 24.7 Å². The van der Waals surface area contributed by atoms with E-state index in [4.69, 9.17) is 9.47 Å². The van der Waals surface area contributed by atoms with Crippen LogP contribution in [0.4, 0.5) is 10.5 Å². The van der Waals surface area contributed by atoms with Crippen molar-refractivity contribution in [2.45, 2.75) is 25.6 Å². The maximum atomic E-state index is 13.5. The zero-order chi connectivity index (χ0) is 23.4. The number of amides is 4. The number of nitrogens with zero attached hydrogens (tertiary/aromatic N) is 2. The van der Waals surface area contributed by atoms with Crippen LogP contribution in [0.3, 0.4) is 0 Å². The Labute approximate surface area is 192 Å². The number of hydrogen-bond donors (Lipinski definition) is 2. The number of ether oxygens (including phenoxy) is 2. The summed E-state index contributed by atoms with van der Waals surface area (Å²) in [7, 11) is 3.07. The van der Waals surface area contributed by atoms with Gasteiger partial charge in [0.15, 0.2) is 0 Å². The average molecular weight is 453 g/mol. The first-order chi connectivity index (χ1) is 16.0. The number of para-hydroxylation sites is 3. The number of hydrogen-bond acceptors (Lipinski definition) is 6. The second-order valence-electron chi connectivity index (χ2n) is 8.04. The van der Waals surface area contributed by atoms with Gasteiger partial charge in [0.25, 0.3) is 0 Å². The van der Waals surface area contributed by atoms with Crippen LogP contribution in [-0.4, -0.2) is 61.1 Å². The fourth-order valence-electron chi connectivity index (χ4n) is 4.43. The molecule has 2 saturated heterocycles. The molecular formula is C24H28N4O5. The number of methoxy groups -OCH3 is 2. The molecule has 2 N–H and O–H groups in total. The lowest BCUT2D eigenvalue weighted by Crippen LogP contribution is -2.68. The van der Waals surface area contributed by atoms with Crippen LogP contribution in [-0.2, 0) is 16.1 Å². The summed E-state index contributed by atoms with van der Waals surface area (Å²) in [6, 6.07) is 13.8. The van der Waals surface area contributed by atoms with Crippen molar-refractivity contribution in [2.24, 2.45) is 5.92 Å². The van der Waals surface area contributed by atoms with Crippen LogP contribution in [0.15, 0.2) is 48.5 Å². The molecule has 2 aromatic carbocycles. The number of rotatable bonds is 7. The lowest BCUT2D eigenvalue weighted by molar-refractivity contribution is -0.143. The molecule has 2 aliphatic heterocycles. The molecule has 2 fully saturated rings. The normalized spacial score (nSPS) is 20.3. The van der Waals surface area contributed by atoms with E-state index in [2.05, 4.69) is 10.6 Å². The molecule has 0 aromatic heterocycles. The van der Waals surface area contributed by atoms with Gasteiger partial charge in [0.05, 0.1) is 38.5 Å². The molecule has 9 heteroatoms. The van der Waals surface area contributed by atoms with E-state index in [9.17, 15) is 14.4 Å². The van der Waals surface area contributed by atoms with Crippen LogP contribution in [0, 0.1) is 5.92 Å². The van der Waals surface area contributed by atoms with E-state index in [-0.39, 0.29) is 24.9 Å². The summed E-state index contributed by atoms with van der Waals surface area (Å²) in [6.45, 7) is 0.565. The molecule has 2 atom stereocenters. The molecule has 2 aromatic rings. The first kappa shape index (κ1) is 22.6. The molecule has 2 unspecified atom stereocenters. The number of urea groups is 1. The Bertz CT molecular complexity index is 1040. The number of anilines is 1. The molecule has 2 aliphatic rings. The van der Waals surface area contributed by atoms with Crippen LogP contribution in [0.25, 0.3) is 0 Å². The van der Waals surface area contributed by atoms with Crippen LogP contribution in [0.5, 0.6) is 11.5 Å². The van der Waals surface area contributed by atoms with Crippen molar-refractivity contribution in [3.63, 3.8) is 0 Å². The molecule has 2 heterocycles. The van der Waals surface area contributed by atoms with E-state index in [1.54, 1.807) is 37.4 Å². The van der Waals surface area contributed by atoms with E-state index in [1.165, 1.54) is 16.9 Å². The summed E-state index contributed by atoms with van der Waals surface area (Å²) in [5.74, 6) is 0.111. The Hall–Kier alpha value is -3.59. The number of imide groups is 1. The van der Waals surface area contributed by atoms with Gasteiger partial charge >= 0.3 is 6.03 Å².